The average Bonchev–Trinajstić information content (AvgIpc) is 2.84. The van der Waals surface area contributed by atoms with Gasteiger partial charge in [-0.15, -0.1) is 0 Å². The van der Waals surface area contributed by atoms with Crippen LogP contribution in [0.3, 0.4) is 0 Å². The molecule has 0 saturated carbocycles. The SMILES string of the molecule is CC[C@@H](C)NC(=O)[C@@H](CC)N(CCc1ccccc1)C(=O)CN(c1cc(C)ccc1OC)S(C)(=O)=O. The minimum atomic E-state index is -3.83. The zero-order valence-corrected chi connectivity index (χ0v) is 23.0. The van der Waals surface area contributed by atoms with Crippen LogP contribution in [0.1, 0.15) is 44.7 Å². The summed E-state index contributed by atoms with van der Waals surface area (Å²) in [4.78, 5) is 28.4. The van der Waals surface area contributed by atoms with Gasteiger partial charge in [-0.25, -0.2) is 8.42 Å². The third kappa shape index (κ3) is 7.98. The number of nitrogens with one attached hydrogen (secondary N) is 1. The first-order valence-corrected chi connectivity index (χ1v) is 14.1. The van der Waals surface area contributed by atoms with Crippen molar-refractivity contribution in [3.63, 3.8) is 0 Å². The Kier molecular flexibility index (Phi) is 10.8. The zero-order valence-electron chi connectivity index (χ0n) is 22.2. The van der Waals surface area contributed by atoms with Gasteiger partial charge in [0.25, 0.3) is 0 Å². The van der Waals surface area contributed by atoms with Gasteiger partial charge in [0.05, 0.1) is 19.1 Å². The molecule has 0 heterocycles. The van der Waals surface area contributed by atoms with E-state index < -0.39 is 28.5 Å². The molecule has 2 aromatic rings. The molecular formula is C27H39N3O5S. The maximum Gasteiger partial charge on any atom is 0.244 e. The summed E-state index contributed by atoms with van der Waals surface area (Å²) < 4.78 is 32.1. The summed E-state index contributed by atoms with van der Waals surface area (Å²) in [5.41, 5.74) is 2.13. The predicted molar refractivity (Wildman–Crippen MR) is 144 cm³/mol. The molecule has 36 heavy (non-hydrogen) atoms. The van der Waals surface area contributed by atoms with E-state index in [1.165, 1.54) is 12.0 Å². The molecule has 0 radical (unpaired) electrons. The molecule has 0 spiro atoms. The number of amides is 2. The van der Waals surface area contributed by atoms with Gasteiger partial charge in [-0.05, 0) is 56.4 Å². The highest BCUT2D eigenvalue weighted by molar-refractivity contribution is 7.92. The van der Waals surface area contributed by atoms with E-state index >= 15 is 0 Å². The summed E-state index contributed by atoms with van der Waals surface area (Å²) in [5, 5.41) is 2.97. The summed E-state index contributed by atoms with van der Waals surface area (Å²) in [5.74, 6) is -0.352. The zero-order chi connectivity index (χ0) is 26.9. The van der Waals surface area contributed by atoms with Gasteiger partial charge in [0.1, 0.15) is 18.3 Å². The van der Waals surface area contributed by atoms with Crippen LogP contribution in [-0.4, -0.2) is 63.7 Å². The van der Waals surface area contributed by atoms with Crippen LogP contribution in [0.2, 0.25) is 0 Å². The number of methoxy groups -OCH3 is 1. The van der Waals surface area contributed by atoms with E-state index in [9.17, 15) is 18.0 Å². The summed E-state index contributed by atoms with van der Waals surface area (Å²) in [6.07, 6.45) is 2.75. The Morgan fingerprint density at radius 3 is 2.28 bits per heavy atom. The molecule has 0 saturated heterocycles. The van der Waals surface area contributed by atoms with Gasteiger partial charge in [0.15, 0.2) is 0 Å². The monoisotopic (exact) mass is 517 g/mol. The lowest BCUT2D eigenvalue weighted by Crippen LogP contribution is -2.54. The standard InChI is InChI=1S/C27H39N3O5S/c1-7-21(4)28-27(32)23(8-2)29(17-16-22-12-10-9-11-13-22)26(31)19-30(36(6,33)34)24-18-20(3)14-15-25(24)35-5/h9-15,18,21,23H,7-8,16-17,19H2,1-6H3,(H,28,32)/t21-,23-/m1/s1. The Hall–Kier alpha value is -3.07. The van der Waals surface area contributed by atoms with Crippen molar-refractivity contribution in [1.29, 1.82) is 0 Å². The Morgan fingerprint density at radius 1 is 1.06 bits per heavy atom. The van der Waals surface area contributed by atoms with Crippen molar-refractivity contribution in [2.75, 3.05) is 30.8 Å². The molecule has 2 aromatic carbocycles. The fourth-order valence-corrected chi connectivity index (χ4v) is 4.77. The van der Waals surface area contributed by atoms with Crippen molar-refractivity contribution in [3.05, 3.63) is 59.7 Å². The molecule has 2 amide bonds. The van der Waals surface area contributed by atoms with Crippen molar-refractivity contribution < 1.29 is 22.7 Å². The number of ether oxygens (including phenoxy) is 1. The lowest BCUT2D eigenvalue weighted by molar-refractivity contribution is -0.139. The third-order valence-corrected chi connectivity index (χ3v) is 7.28. The van der Waals surface area contributed by atoms with E-state index in [0.717, 1.165) is 28.1 Å². The number of hydrogen-bond acceptors (Lipinski definition) is 5. The Labute approximate surface area is 215 Å². The van der Waals surface area contributed by atoms with Gasteiger partial charge in [0.2, 0.25) is 21.8 Å². The van der Waals surface area contributed by atoms with Gasteiger partial charge in [-0.2, -0.15) is 0 Å². The first-order chi connectivity index (χ1) is 17.0. The van der Waals surface area contributed by atoms with Crippen molar-refractivity contribution >= 4 is 27.5 Å². The minimum Gasteiger partial charge on any atom is -0.495 e. The molecule has 0 aliphatic carbocycles. The molecule has 9 heteroatoms. The second-order valence-electron chi connectivity index (χ2n) is 9.01. The smallest absolute Gasteiger partial charge is 0.244 e. The largest absolute Gasteiger partial charge is 0.495 e. The van der Waals surface area contributed by atoms with Crippen LogP contribution in [0.25, 0.3) is 0 Å². The summed E-state index contributed by atoms with van der Waals surface area (Å²) >= 11 is 0. The number of anilines is 1. The number of aryl methyl sites for hydroxylation is 1. The van der Waals surface area contributed by atoms with Crippen LogP contribution in [0.15, 0.2) is 48.5 Å². The fourth-order valence-electron chi connectivity index (χ4n) is 3.93. The Balaban J connectivity index is 2.43. The molecule has 2 rings (SSSR count). The normalized spacial score (nSPS) is 12.9. The quantitative estimate of drug-likeness (QED) is 0.439. The lowest BCUT2D eigenvalue weighted by Gasteiger charge is -2.33. The topological polar surface area (TPSA) is 96.0 Å². The Morgan fingerprint density at radius 2 is 1.72 bits per heavy atom. The number of sulfonamides is 1. The second kappa shape index (κ2) is 13.3. The number of carbonyl (C=O) groups is 2. The van der Waals surface area contributed by atoms with E-state index in [1.807, 2.05) is 64.1 Å². The molecule has 0 aliphatic rings. The van der Waals surface area contributed by atoms with Crippen molar-refractivity contribution in [3.8, 4) is 5.75 Å². The highest BCUT2D eigenvalue weighted by Gasteiger charge is 2.32. The van der Waals surface area contributed by atoms with Gasteiger partial charge in [-0.1, -0.05) is 50.2 Å². The molecule has 0 unspecified atom stereocenters. The molecule has 0 bridgehead atoms. The molecule has 0 aliphatic heterocycles. The van der Waals surface area contributed by atoms with Gasteiger partial charge in [-0.3, -0.25) is 13.9 Å². The van der Waals surface area contributed by atoms with Crippen LogP contribution >= 0.6 is 0 Å². The number of carbonyl (C=O) groups excluding carboxylic acids is 2. The molecule has 0 fully saturated rings. The molecule has 2 atom stereocenters. The highest BCUT2D eigenvalue weighted by atomic mass is 32.2. The second-order valence-corrected chi connectivity index (χ2v) is 10.9. The maximum absolute atomic E-state index is 13.7. The van der Waals surface area contributed by atoms with Crippen molar-refractivity contribution in [2.45, 2.75) is 59.0 Å². The molecule has 198 valence electrons. The van der Waals surface area contributed by atoms with Crippen LogP contribution < -0.4 is 14.4 Å². The molecule has 0 aromatic heterocycles. The predicted octanol–water partition coefficient (Wildman–Crippen LogP) is 3.53. The highest BCUT2D eigenvalue weighted by Crippen LogP contribution is 2.31. The summed E-state index contributed by atoms with van der Waals surface area (Å²) in [6.45, 7) is 7.41. The molecule has 1 N–H and O–H groups in total. The number of rotatable bonds is 13. The van der Waals surface area contributed by atoms with Crippen LogP contribution in [0, 0.1) is 6.92 Å². The Bertz CT molecular complexity index is 1120. The number of nitrogens with zero attached hydrogens (tertiary/aromatic N) is 2. The third-order valence-electron chi connectivity index (χ3n) is 6.15. The first kappa shape index (κ1) is 29.2. The van der Waals surface area contributed by atoms with Crippen molar-refractivity contribution in [2.24, 2.45) is 0 Å². The van der Waals surface area contributed by atoms with Gasteiger partial charge >= 0.3 is 0 Å². The van der Waals surface area contributed by atoms with Gasteiger partial charge < -0.3 is 15.0 Å². The van der Waals surface area contributed by atoms with E-state index in [1.54, 1.807) is 12.1 Å². The van der Waals surface area contributed by atoms with E-state index in [4.69, 9.17) is 4.74 Å². The number of hydrogen-bond donors (Lipinski definition) is 1. The van der Waals surface area contributed by atoms with Gasteiger partial charge in [0, 0.05) is 12.6 Å². The summed E-state index contributed by atoms with van der Waals surface area (Å²) in [7, 11) is -2.38. The van der Waals surface area contributed by atoms with Crippen LogP contribution in [0.4, 0.5) is 5.69 Å². The van der Waals surface area contributed by atoms with Crippen LogP contribution in [0.5, 0.6) is 5.75 Å². The van der Waals surface area contributed by atoms with E-state index in [-0.39, 0.29) is 24.2 Å². The maximum atomic E-state index is 13.7. The van der Waals surface area contributed by atoms with Crippen molar-refractivity contribution in [1.82, 2.24) is 10.2 Å². The van der Waals surface area contributed by atoms with Crippen LogP contribution in [-0.2, 0) is 26.0 Å². The average molecular weight is 518 g/mol. The van der Waals surface area contributed by atoms with E-state index in [0.29, 0.717) is 18.6 Å². The summed E-state index contributed by atoms with van der Waals surface area (Å²) in [6, 6.07) is 14.1. The number of benzene rings is 2. The fraction of sp³-hybridized carbons (Fsp3) is 0.481. The van der Waals surface area contributed by atoms with E-state index in [2.05, 4.69) is 5.32 Å². The molecule has 8 nitrogen and oxygen atoms in total. The molecular weight excluding hydrogens is 478 g/mol. The lowest BCUT2D eigenvalue weighted by atomic mass is 10.1. The minimum absolute atomic E-state index is 0.0401. The first-order valence-electron chi connectivity index (χ1n) is 12.3.